The third-order valence-electron chi connectivity index (χ3n) is 5.01. The Morgan fingerprint density at radius 3 is 2.36 bits per heavy atom. The first kappa shape index (κ1) is 16.4. The third kappa shape index (κ3) is 2.58. The van der Waals surface area contributed by atoms with Crippen LogP contribution in [-0.2, 0) is 23.0 Å². The first-order valence-corrected chi connectivity index (χ1v) is 9.95. The lowest BCUT2D eigenvalue weighted by atomic mass is 10.0. The summed E-state index contributed by atoms with van der Waals surface area (Å²) in [5.41, 5.74) is 5.05. The van der Waals surface area contributed by atoms with E-state index >= 15 is 0 Å². The molecule has 130 valence electrons. The smallest absolute Gasteiger partial charge is 0.268 e. The first-order chi connectivity index (χ1) is 11.9. The molecule has 0 amide bonds. The zero-order valence-electron chi connectivity index (χ0n) is 14.8. The number of nitrogens with zero attached hydrogens (tertiary/aromatic N) is 2. The molecule has 1 aliphatic rings. The van der Waals surface area contributed by atoms with Crippen molar-refractivity contribution in [1.82, 2.24) is 8.87 Å². The lowest BCUT2D eigenvalue weighted by molar-refractivity contribution is 0.312. The molecule has 0 bridgehead atoms. The first-order valence-electron chi connectivity index (χ1n) is 8.51. The van der Waals surface area contributed by atoms with Gasteiger partial charge in [-0.15, -0.1) is 0 Å². The molecule has 0 spiro atoms. The molecule has 0 atom stereocenters. The quantitative estimate of drug-likeness (QED) is 0.707. The van der Waals surface area contributed by atoms with E-state index in [1.165, 1.54) is 0 Å². The Bertz CT molecular complexity index is 1060. The van der Waals surface area contributed by atoms with E-state index in [0.717, 1.165) is 52.8 Å². The maximum Gasteiger partial charge on any atom is 0.268 e. The molecule has 0 unspecified atom stereocenters. The van der Waals surface area contributed by atoms with Gasteiger partial charge in [-0.3, -0.25) is 0 Å². The van der Waals surface area contributed by atoms with Crippen molar-refractivity contribution in [3.63, 3.8) is 0 Å². The number of fused-ring (bicyclic) bond motifs is 3. The Kier molecular flexibility index (Phi) is 3.74. The van der Waals surface area contributed by atoms with Gasteiger partial charge in [0.25, 0.3) is 10.0 Å². The topological polar surface area (TPSA) is 42.3 Å². The Morgan fingerprint density at radius 1 is 0.960 bits per heavy atom. The third-order valence-corrected chi connectivity index (χ3v) is 6.77. The minimum absolute atomic E-state index is 0.345. The SMILES string of the molecule is Cc1ccc(S(=O)(=O)n2c3c(c4cc(C)ccc42)CN(C)CC3)cc1. The fraction of sp³-hybridized carbons (Fsp3) is 0.300. The molecule has 0 radical (unpaired) electrons. The van der Waals surface area contributed by atoms with E-state index in [9.17, 15) is 8.42 Å². The highest BCUT2D eigenvalue weighted by molar-refractivity contribution is 7.90. The van der Waals surface area contributed by atoms with Crippen molar-refractivity contribution >= 4 is 20.9 Å². The van der Waals surface area contributed by atoms with Gasteiger partial charge in [0.2, 0.25) is 0 Å². The molecule has 3 aromatic rings. The highest BCUT2D eigenvalue weighted by atomic mass is 32.2. The molecule has 5 heteroatoms. The van der Waals surface area contributed by atoms with E-state index in [1.54, 1.807) is 16.1 Å². The molecule has 4 rings (SSSR count). The number of aromatic nitrogens is 1. The summed E-state index contributed by atoms with van der Waals surface area (Å²) < 4.78 is 28.4. The van der Waals surface area contributed by atoms with Crippen LogP contribution in [0.3, 0.4) is 0 Å². The van der Waals surface area contributed by atoms with Gasteiger partial charge in [-0.25, -0.2) is 12.4 Å². The van der Waals surface area contributed by atoms with Crippen molar-refractivity contribution < 1.29 is 8.42 Å². The molecule has 1 aliphatic heterocycles. The molecule has 0 fully saturated rings. The minimum atomic E-state index is -3.61. The van der Waals surface area contributed by atoms with Crippen LogP contribution in [0.4, 0.5) is 0 Å². The average Bonchev–Trinajstić information content (AvgIpc) is 2.89. The molecule has 0 N–H and O–H groups in total. The van der Waals surface area contributed by atoms with Crippen LogP contribution < -0.4 is 0 Å². The lowest BCUT2D eigenvalue weighted by Crippen LogP contribution is -2.28. The molecule has 2 heterocycles. The highest BCUT2D eigenvalue weighted by Crippen LogP contribution is 2.34. The predicted molar refractivity (Wildman–Crippen MR) is 100 cm³/mol. The van der Waals surface area contributed by atoms with Crippen LogP contribution in [0.5, 0.6) is 0 Å². The summed E-state index contributed by atoms with van der Waals surface area (Å²) >= 11 is 0. The summed E-state index contributed by atoms with van der Waals surface area (Å²) in [4.78, 5) is 2.59. The number of hydrogen-bond acceptors (Lipinski definition) is 3. The van der Waals surface area contributed by atoms with Crippen LogP contribution >= 0.6 is 0 Å². The van der Waals surface area contributed by atoms with Gasteiger partial charge < -0.3 is 4.90 Å². The van der Waals surface area contributed by atoms with Gasteiger partial charge in [-0.05, 0) is 50.7 Å². The molecule has 0 aliphatic carbocycles. The van der Waals surface area contributed by atoms with Crippen molar-refractivity contribution in [2.45, 2.75) is 31.7 Å². The Balaban J connectivity index is 2.03. The van der Waals surface area contributed by atoms with Crippen molar-refractivity contribution in [2.24, 2.45) is 0 Å². The molecule has 4 nitrogen and oxygen atoms in total. The molecule has 0 saturated heterocycles. The Hall–Kier alpha value is -2.11. The number of benzene rings is 2. The predicted octanol–water partition coefficient (Wildman–Crippen LogP) is 3.48. The van der Waals surface area contributed by atoms with Gasteiger partial charge in [0.1, 0.15) is 0 Å². The zero-order valence-corrected chi connectivity index (χ0v) is 15.6. The molecule has 1 aromatic heterocycles. The second-order valence-electron chi connectivity index (χ2n) is 7.02. The summed E-state index contributed by atoms with van der Waals surface area (Å²) in [5.74, 6) is 0. The Morgan fingerprint density at radius 2 is 1.64 bits per heavy atom. The number of aryl methyl sites for hydroxylation is 2. The van der Waals surface area contributed by atoms with Crippen LogP contribution in [0.2, 0.25) is 0 Å². The van der Waals surface area contributed by atoms with Crippen LogP contribution in [0.25, 0.3) is 10.9 Å². The van der Waals surface area contributed by atoms with Gasteiger partial charge in [-0.1, -0.05) is 29.3 Å². The summed E-state index contributed by atoms with van der Waals surface area (Å²) in [7, 11) is -1.53. The summed E-state index contributed by atoms with van der Waals surface area (Å²) in [5, 5.41) is 1.05. The lowest BCUT2D eigenvalue weighted by Gasteiger charge is -2.24. The van der Waals surface area contributed by atoms with Gasteiger partial charge in [0, 0.05) is 30.6 Å². The van der Waals surface area contributed by atoms with Crippen LogP contribution in [0, 0.1) is 13.8 Å². The molecule has 0 saturated carbocycles. The van der Waals surface area contributed by atoms with Gasteiger partial charge in [0.05, 0.1) is 10.4 Å². The summed E-state index contributed by atoms with van der Waals surface area (Å²) in [6.45, 7) is 5.66. The fourth-order valence-corrected chi connectivity index (χ4v) is 5.26. The second kappa shape index (κ2) is 5.71. The van der Waals surface area contributed by atoms with Crippen LogP contribution in [-0.4, -0.2) is 30.9 Å². The minimum Gasteiger partial charge on any atom is -0.302 e. The van der Waals surface area contributed by atoms with Crippen molar-refractivity contribution in [3.05, 3.63) is 64.8 Å². The maximum atomic E-state index is 13.4. The molecular weight excluding hydrogens is 332 g/mol. The van der Waals surface area contributed by atoms with E-state index in [0.29, 0.717) is 4.90 Å². The fourth-order valence-electron chi connectivity index (χ4n) is 3.66. The van der Waals surface area contributed by atoms with Gasteiger partial charge >= 0.3 is 0 Å². The van der Waals surface area contributed by atoms with E-state index < -0.39 is 10.0 Å². The van der Waals surface area contributed by atoms with Gasteiger partial charge in [-0.2, -0.15) is 0 Å². The average molecular weight is 354 g/mol. The number of rotatable bonds is 2. The largest absolute Gasteiger partial charge is 0.302 e. The normalized spacial score (nSPS) is 15.5. The summed E-state index contributed by atoms with van der Waals surface area (Å²) in [6, 6.07) is 13.1. The standard InChI is InChI=1S/C20H22N2O2S/c1-14-4-7-16(8-5-14)25(23,24)22-19-9-6-15(2)12-17(19)18-13-21(3)11-10-20(18)22/h4-9,12H,10-11,13H2,1-3H3. The molecule has 2 aromatic carbocycles. The van der Waals surface area contributed by atoms with Crippen LogP contribution in [0.1, 0.15) is 22.4 Å². The van der Waals surface area contributed by atoms with Crippen molar-refractivity contribution in [3.8, 4) is 0 Å². The van der Waals surface area contributed by atoms with Crippen LogP contribution in [0.15, 0.2) is 47.4 Å². The monoisotopic (exact) mass is 354 g/mol. The molecule has 25 heavy (non-hydrogen) atoms. The van der Waals surface area contributed by atoms with E-state index in [4.69, 9.17) is 0 Å². The number of hydrogen-bond donors (Lipinski definition) is 0. The number of likely N-dealkylation sites (N-methyl/N-ethyl adjacent to an activating group) is 1. The zero-order chi connectivity index (χ0) is 17.8. The highest BCUT2D eigenvalue weighted by Gasteiger charge is 2.29. The second-order valence-corrected chi connectivity index (χ2v) is 8.80. The van der Waals surface area contributed by atoms with Crippen molar-refractivity contribution in [2.75, 3.05) is 13.6 Å². The summed E-state index contributed by atoms with van der Waals surface area (Å²) in [6.07, 6.45) is 0.741. The maximum absolute atomic E-state index is 13.4. The van der Waals surface area contributed by atoms with Gasteiger partial charge in [0.15, 0.2) is 0 Å². The van der Waals surface area contributed by atoms with E-state index in [1.807, 2.05) is 38.1 Å². The van der Waals surface area contributed by atoms with Crippen molar-refractivity contribution in [1.29, 1.82) is 0 Å². The Labute approximate surface area is 148 Å². The molecular formula is C20H22N2O2S. The van der Waals surface area contributed by atoms with E-state index in [-0.39, 0.29) is 0 Å². The van der Waals surface area contributed by atoms with E-state index in [2.05, 4.69) is 18.0 Å².